The number of benzene rings is 2. The molecule has 2 amide bonds. The maximum Gasteiger partial charge on any atom is 0.369 e. The van der Waals surface area contributed by atoms with Crippen LogP contribution in [0.4, 0.5) is 18.6 Å². The molecule has 0 aliphatic carbocycles. The van der Waals surface area contributed by atoms with Gasteiger partial charge in [-0.25, -0.2) is 13.6 Å². The van der Waals surface area contributed by atoms with Crippen LogP contribution in [0.15, 0.2) is 24.4 Å². The molecular formula is C23H12ClF2N7O3S. The Balaban J connectivity index is 1.67. The number of aromatic nitrogens is 3. The van der Waals surface area contributed by atoms with Gasteiger partial charge in [0.2, 0.25) is 0 Å². The van der Waals surface area contributed by atoms with E-state index in [0.29, 0.717) is 4.80 Å². The molecule has 1 aliphatic rings. The fraction of sp³-hybridized carbons (Fsp3) is 0.130. The molecule has 14 heteroatoms. The van der Waals surface area contributed by atoms with Crippen molar-refractivity contribution in [2.75, 3.05) is 18.9 Å². The Kier molecular flexibility index (Phi) is 5.95. The first-order valence-electron chi connectivity index (χ1n) is 10.5. The molecule has 0 saturated heterocycles. The minimum Gasteiger partial charge on any atom is -0.491 e. The molecule has 0 atom stereocenters. The van der Waals surface area contributed by atoms with Crippen LogP contribution < -0.4 is 10.5 Å². The fourth-order valence-corrected chi connectivity index (χ4v) is 5.30. The lowest BCUT2D eigenvalue weighted by atomic mass is 9.96. The van der Waals surface area contributed by atoms with Gasteiger partial charge in [0.15, 0.2) is 11.4 Å². The Labute approximate surface area is 215 Å². The van der Waals surface area contributed by atoms with Gasteiger partial charge in [-0.05, 0) is 24.1 Å². The van der Waals surface area contributed by atoms with Gasteiger partial charge in [0, 0.05) is 17.5 Å². The van der Waals surface area contributed by atoms with E-state index in [-0.39, 0.29) is 73.4 Å². The van der Waals surface area contributed by atoms with Crippen LogP contribution in [0.2, 0.25) is 5.02 Å². The Bertz CT molecular complexity index is 1720. The molecule has 0 unspecified atom stereocenters. The van der Waals surface area contributed by atoms with Gasteiger partial charge in [-0.1, -0.05) is 22.5 Å². The fourth-order valence-electron chi connectivity index (χ4n) is 4.00. The van der Waals surface area contributed by atoms with Gasteiger partial charge in [0.05, 0.1) is 33.7 Å². The SMILES string of the molecule is N#Cc1cnn(C(=O)N2CCCOc3c(cc(F)c(-c4ccc(F)c5sc(N)c(C#N)c45)c3Cl)C2=O)n1. The number of amides is 2. The summed E-state index contributed by atoms with van der Waals surface area (Å²) in [5, 5.41) is 25.7. The van der Waals surface area contributed by atoms with Crippen LogP contribution in [0.25, 0.3) is 21.2 Å². The second kappa shape index (κ2) is 9.13. The molecule has 1 aliphatic heterocycles. The zero-order valence-electron chi connectivity index (χ0n) is 18.5. The number of carbonyl (C=O) groups is 2. The maximum absolute atomic E-state index is 15.6. The Morgan fingerprint density at radius 1 is 1.22 bits per heavy atom. The third-order valence-electron chi connectivity index (χ3n) is 5.63. The van der Waals surface area contributed by atoms with E-state index in [1.165, 1.54) is 6.07 Å². The van der Waals surface area contributed by atoms with Gasteiger partial charge < -0.3 is 10.5 Å². The molecule has 0 radical (unpaired) electrons. The monoisotopic (exact) mass is 539 g/mol. The number of imide groups is 1. The van der Waals surface area contributed by atoms with E-state index in [9.17, 15) is 19.2 Å². The third kappa shape index (κ3) is 3.81. The van der Waals surface area contributed by atoms with Crippen molar-refractivity contribution in [3.63, 3.8) is 0 Å². The molecule has 4 aromatic rings. The average molecular weight is 540 g/mol. The topological polar surface area (TPSA) is 151 Å². The van der Waals surface area contributed by atoms with Crippen molar-refractivity contribution in [2.45, 2.75) is 6.42 Å². The predicted octanol–water partition coefficient (Wildman–Crippen LogP) is 4.31. The lowest BCUT2D eigenvalue weighted by Crippen LogP contribution is -2.43. The van der Waals surface area contributed by atoms with Crippen molar-refractivity contribution in [2.24, 2.45) is 0 Å². The second-order valence-electron chi connectivity index (χ2n) is 7.75. The zero-order valence-corrected chi connectivity index (χ0v) is 20.0. The van der Waals surface area contributed by atoms with E-state index in [4.69, 9.17) is 27.3 Å². The van der Waals surface area contributed by atoms with Crippen LogP contribution in [0.3, 0.4) is 0 Å². The van der Waals surface area contributed by atoms with Crippen molar-refractivity contribution in [1.82, 2.24) is 19.9 Å². The molecule has 2 aromatic heterocycles. The maximum atomic E-state index is 15.6. The van der Waals surface area contributed by atoms with E-state index in [0.717, 1.165) is 34.6 Å². The molecule has 0 bridgehead atoms. The number of nitriles is 2. The summed E-state index contributed by atoms with van der Waals surface area (Å²) in [6, 6.07) is 5.91. The molecule has 5 rings (SSSR count). The number of fused-ring (bicyclic) bond motifs is 2. The molecule has 2 aromatic carbocycles. The number of nitrogen functional groups attached to an aromatic ring is 1. The number of hydrogen-bond acceptors (Lipinski definition) is 9. The number of halogens is 3. The number of nitrogens with two attached hydrogens (primary N) is 1. The summed E-state index contributed by atoms with van der Waals surface area (Å²) in [6.45, 7) is -0.0850. The second-order valence-corrected chi connectivity index (χ2v) is 9.18. The van der Waals surface area contributed by atoms with Crippen molar-refractivity contribution in [1.29, 1.82) is 10.5 Å². The summed E-state index contributed by atoms with van der Waals surface area (Å²) in [5.41, 5.74) is 5.25. The third-order valence-corrected chi connectivity index (χ3v) is 7.02. The molecule has 0 fully saturated rings. The molecule has 2 N–H and O–H groups in total. The summed E-state index contributed by atoms with van der Waals surface area (Å²) in [5.74, 6) is -2.73. The van der Waals surface area contributed by atoms with Gasteiger partial charge in [0.1, 0.15) is 28.8 Å². The van der Waals surface area contributed by atoms with Gasteiger partial charge >= 0.3 is 6.03 Å². The van der Waals surface area contributed by atoms with Crippen molar-refractivity contribution >= 4 is 50.0 Å². The number of carbonyl (C=O) groups excluding carboxylic acids is 2. The standard InChI is InChI=1S/C23H12ClF2N7O3S/c24-18-17(11-2-3-14(25)20-16(11)13(8-28)21(29)37-20)15(26)6-12-19(18)36-5-1-4-32(22(12)34)23(35)33-30-9-10(7-27)31-33/h2-3,6,9H,1,4-5,29H2. The lowest BCUT2D eigenvalue weighted by molar-refractivity contribution is 0.0769. The largest absolute Gasteiger partial charge is 0.491 e. The lowest BCUT2D eigenvalue weighted by Gasteiger charge is -2.25. The first kappa shape index (κ1) is 24.1. The summed E-state index contributed by atoms with van der Waals surface area (Å²) in [4.78, 5) is 27.6. The molecule has 3 heterocycles. The van der Waals surface area contributed by atoms with Crippen molar-refractivity contribution in [3.8, 4) is 29.0 Å². The molecule has 10 nitrogen and oxygen atoms in total. The van der Waals surface area contributed by atoms with Crippen LogP contribution in [0, 0.1) is 34.3 Å². The van der Waals surface area contributed by atoms with E-state index < -0.39 is 23.6 Å². The van der Waals surface area contributed by atoms with Gasteiger partial charge in [-0.2, -0.15) is 15.6 Å². The van der Waals surface area contributed by atoms with E-state index in [1.54, 1.807) is 6.07 Å². The van der Waals surface area contributed by atoms with Crippen LogP contribution in [0.1, 0.15) is 28.0 Å². The summed E-state index contributed by atoms with van der Waals surface area (Å²) in [7, 11) is 0. The molecule has 184 valence electrons. The highest BCUT2D eigenvalue weighted by Gasteiger charge is 2.33. The van der Waals surface area contributed by atoms with E-state index in [1.807, 2.05) is 6.07 Å². The summed E-state index contributed by atoms with van der Waals surface area (Å²) < 4.78 is 35.9. The number of ether oxygens (including phenoxy) is 1. The molecule has 0 spiro atoms. The average Bonchev–Trinajstić information content (AvgIpc) is 3.49. The Morgan fingerprint density at radius 2 is 2.00 bits per heavy atom. The minimum absolute atomic E-state index is 0.0124. The van der Waals surface area contributed by atoms with Crippen LogP contribution in [0.5, 0.6) is 5.75 Å². The van der Waals surface area contributed by atoms with Gasteiger partial charge in [-0.15, -0.1) is 16.4 Å². The zero-order chi connectivity index (χ0) is 26.4. The van der Waals surface area contributed by atoms with Crippen LogP contribution >= 0.6 is 22.9 Å². The normalized spacial score (nSPS) is 13.3. The highest BCUT2D eigenvalue weighted by molar-refractivity contribution is 7.23. The quantitative estimate of drug-likeness (QED) is 0.376. The minimum atomic E-state index is -0.973. The van der Waals surface area contributed by atoms with Gasteiger partial charge in [-0.3, -0.25) is 9.69 Å². The molecular weight excluding hydrogens is 528 g/mol. The highest BCUT2D eigenvalue weighted by atomic mass is 35.5. The predicted molar refractivity (Wildman–Crippen MR) is 128 cm³/mol. The van der Waals surface area contributed by atoms with Crippen molar-refractivity contribution < 1.29 is 23.1 Å². The number of anilines is 1. The number of hydrogen-bond donors (Lipinski definition) is 1. The van der Waals surface area contributed by atoms with E-state index in [2.05, 4.69) is 10.2 Å². The Hall–Kier alpha value is -4.59. The molecule has 0 saturated carbocycles. The van der Waals surface area contributed by atoms with Gasteiger partial charge in [0.25, 0.3) is 5.91 Å². The smallest absolute Gasteiger partial charge is 0.369 e. The number of nitrogens with zero attached hydrogens (tertiary/aromatic N) is 6. The number of thiophene rings is 1. The molecule has 37 heavy (non-hydrogen) atoms. The number of rotatable bonds is 1. The summed E-state index contributed by atoms with van der Waals surface area (Å²) in [6.07, 6.45) is 1.26. The van der Waals surface area contributed by atoms with E-state index >= 15 is 4.39 Å². The first-order chi connectivity index (χ1) is 17.8. The van der Waals surface area contributed by atoms with Crippen LogP contribution in [-0.4, -0.2) is 45.0 Å². The first-order valence-corrected chi connectivity index (χ1v) is 11.7. The summed E-state index contributed by atoms with van der Waals surface area (Å²) >= 11 is 7.42. The van der Waals surface area contributed by atoms with Crippen LogP contribution in [-0.2, 0) is 0 Å². The van der Waals surface area contributed by atoms with Crippen molar-refractivity contribution in [3.05, 3.63) is 57.9 Å². The highest BCUT2D eigenvalue weighted by Crippen LogP contribution is 2.47. The Morgan fingerprint density at radius 3 is 2.70 bits per heavy atom.